The molecule has 2 aromatic carbocycles. The van der Waals surface area contributed by atoms with Gasteiger partial charge in [-0.25, -0.2) is 0 Å². The van der Waals surface area contributed by atoms with Crippen LogP contribution in [-0.2, 0) is 18.3 Å². The minimum atomic E-state index is 0.351. The standard InChI is InChI=1S/C21H22/c1-5-11-19-15(7-1)13-17-9-3-4-10-18-14-16-8-2-6-12-20(16)21(17,18)19/h1-2,5-8,11-12,17-18H,3-4,9-10,13-14H2/t17-,18?,21?/m1/s1. The van der Waals surface area contributed by atoms with E-state index in [1.807, 2.05) is 0 Å². The molecule has 0 nitrogen and oxygen atoms in total. The van der Waals surface area contributed by atoms with Gasteiger partial charge in [0.05, 0.1) is 0 Å². The fraction of sp³-hybridized carbons (Fsp3) is 0.429. The average Bonchev–Trinajstić information content (AvgIpc) is 2.97. The van der Waals surface area contributed by atoms with Crippen molar-refractivity contribution >= 4 is 0 Å². The zero-order valence-electron chi connectivity index (χ0n) is 12.5. The summed E-state index contributed by atoms with van der Waals surface area (Å²) in [6.07, 6.45) is 8.30. The van der Waals surface area contributed by atoms with E-state index in [-0.39, 0.29) is 0 Å². The maximum Gasteiger partial charge on any atom is 0.0270 e. The molecule has 2 unspecified atom stereocenters. The third-order valence-electron chi connectivity index (χ3n) is 6.50. The molecular formula is C21H22. The van der Waals surface area contributed by atoms with E-state index in [0.717, 1.165) is 11.8 Å². The third kappa shape index (κ3) is 1.41. The van der Waals surface area contributed by atoms with Gasteiger partial charge >= 0.3 is 0 Å². The van der Waals surface area contributed by atoms with Crippen molar-refractivity contribution in [2.75, 3.05) is 0 Å². The first-order valence-corrected chi connectivity index (χ1v) is 8.57. The van der Waals surface area contributed by atoms with Crippen LogP contribution in [0.2, 0.25) is 0 Å². The van der Waals surface area contributed by atoms with E-state index in [4.69, 9.17) is 0 Å². The second-order valence-electron chi connectivity index (χ2n) is 7.27. The van der Waals surface area contributed by atoms with Gasteiger partial charge in [-0.1, -0.05) is 61.4 Å². The minimum absolute atomic E-state index is 0.351. The van der Waals surface area contributed by atoms with Crippen LogP contribution in [0, 0.1) is 11.8 Å². The van der Waals surface area contributed by atoms with Gasteiger partial charge in [0, 0.05) is 5.41 Å². The molecule has 0 bridgehead atoms. The zero-order chi connectivity index (χ0) is 13.9. The van der Waals surface area contributed by atoms with Crippen LogP contribution in [0.15, 0.2) is 48.5 Å². The van der Waals surface area contributed by atoms with Crippen LogP contribution in [0.4, 0.5) is 0 Å². The maximum atomic E-state index is 2.44. The molecule has 0 aliphatic heterocycles. The smallest absolute Gasteiger partial charge is 0.0270 e. The van der Waals surface area contributed by atoms with Crippen molar-refractivity contribution in [2.24, 2.45) is 11.8 Å². The molecule has 1 fully saturated rings. The molecule has 0 heterocycles. The second kappa shape index (κ2) is 4.22. The monoisotopic (exact) mass is 274 g/mol. The number of hydrogen-bond donors (Lipinski definition) is 0. The molecule has 0 saturated heterocycles. The van der Waals surface area contributed by atoms with E-state index in [0.29, 0.717) is 5.41 Å². The first kappa shape index (κ1) is 12.0. The number of fused-ring (bicyclic) bond motifs is 2. The molecule has 1 spiro atoms. The third-order valence-corrected chi connectivity index (χ3v) is 6.50. The first-order chi connectivity index (χ1) is 10.4. The maximum absolute atomic E-state index is 2.44. The van der Waals surface area contributed by atoms with E-state index in [9.17, 15) is 0 Å². The Morgan fingerprint density at radius 2 is 1.14 bits per heavy atom. The fourth-order valence-corrected chi connectivity index (χ4v) is 5.86. The Morgan fingerprint density at radius 1 is 0.667 bits per heavy atom. The van der Waals surface area contributed by atoms with Gasteiger partial charge in [-0.15, -0.1) is 0 Å². The van der Waals surface area contributed by atoms with Crippen LogP contribution in [0.5, 0.6) is 0 Å². The van der Waals surface area contributed by atoms with Crippen molar-refractivity contribution in [2.45, 2.75) is 43.9 Å². The fourth-order valence-electron chi connectivity index (χ4n) is 5.86. The van der Waals surface area contributed by atoms with Gasteiger partial charge < -0.3 is 0 Å². The van der Waals surface area contributed by atoms with Crippen LogP contribution in [-0.4, -0.2) is 0 Å². The molecule has 3 aliphatic carbocycles. The van der Waals surface area contributed by atoms with Crippen LogP contribution >= 0.6 is 0 Å². The summed E-state index contributed by atoms with van der Waals surface area (Å²) in [4.78, 5) is 0. The predicted molar refractivity (Wildman–Crippen MR) is 86.5 cm³/mol. The summed E-state index contributed by atoms with van der Waals surface area (Å²) in [6, 6.07) is 18.6. The Morgan fingerprint density at radius 3 is 1.67 bits per heavy atom. The second-order valence-corrected chi connectivity index (χ2v) is 7.27. The molecule has 3 atom stereocenters. The Bertz CT molecular complexity index is 635. The van der Waals surface area contributed by atoms with Crippen molar-refractivity contribution in [1.29, 1.82) is 0 Å². The van der Waals surface area contributed by atoms with Crippen molar-refractivity contribution < 1.29 is 0 Å². The molecule has 0 amide bonds. The Balaban J connectivity index is 1.83. The molecule has 106 valence electrons. The van der Waals surface area contributed by atoms with Crippen molar-refractivity contribution in [3.05, 3.63) is 70.8 Å². The van der Waals surface area contributed by atoms with Gasteiger partial charge in [0.15, 0.2) is 0 Å². The van der Waals surface area contributed by atoms with Gasteiger partial charge in [0.1, 0.15) is 0 Å². The SMILES string of the molecule is c1ccc2c(c1)CC1CCCC[C@@H]3Cc4ccccc4C213. The molecule has 0 N–H and O–H groups in total. The molecule has 3 aliphatic rings. The number of rotatable bonds is 0. The van der Waals surface area contributed by atoms with Crippen molar-refractivity contribution in [3.63, 3.8) is 0 Å². The van der Waals surface area contributed by atoms with Crippen LogP contribution < -0.4 is 0 Å². The lowest BCUT2D eigenvalue weighted by atomic mass is 9.64. The van der Waals surface area contributed by atoms with E-state index in [1.54, 1.807) is 22.3 Å². The van der Waals surface area contributed by atoms with Crippen LogP contribution in [0.25, 0.3) is 0 Å². The highest BCUT2D eigenvalue weighted by Gasteiger charge is 2.56. The quantitative estimate of drug-likeness (QED) is 0.641. The molecule has 2 aromatic rings. The van der Waals surface area contributed by atoms with E-state index in [2.05, 4.69) is 48.5 Å². The van der Waals surface area contributed by atoms with Gasteiger partial charge in [-0.2, -0.15) is 0 Å². The average molecular weight is 274 g/mol. The molecule has 21 heavy (non-hydrogen) atoms. The Labute approximate surface area is 127 Å². The number of benzene rings is 2. The lowest BCUT2D eigenvalue weighted by molar-refractivity contribution is 0.257. The summed E-state index contributed by atoms with van der Waals surface area (Å²) >= 11 is 0. The molecule has 1 saturated carbocycles. The van der Waals surface area contributed by atoms with E-state index >= 15 is 0 Å². The largest absolute Gasteiger partial charge is 0.0620 e. The topological polar surface area (TPSA) is 0 Å². The summed E-state index contributed by atoms with van der Waals surface area (Å²) < 4.78 is 0. The van der Waals surface area contributed by atoms with Crippen molar-refractivity contribution in [3.8, 4) is 0 Å². The van der Waals surface area contributed by atoms with E-state index < -0.39 is 0 Å². The number of hydrogen-bond acceptors (Lipinski definition) is 0. The van der Waals surface area contributed by atoms with Crippen molar-refractivity contribution in [1.82, 2.24) is 0 Å². The molecular weight excluding hydrogens is 252 g/mol. The lowest BCUT2D eigenvalue weighted by Gasteiger charge is -2.38. The first-order valence-electron chi connectivity index (χ1n) is 8.57. The normalized spacial score (nSPS) is 32.8. The van der Waals surface area contributed by atoms with Gasteiger partial charge in [-0.3, -0.25) is 0 Å². The Kier molecular flexibility index (Phi) is 2.42. The summed E-state index contributed by atoms with van der Waals surface area (Å²) in [7, 11) is 0. The van der Waals surface area contributed by atoms with Gasteiger partial charge in [-0.05, 0) is 59.8 Å². The highest BCUT2D eigenvalue weighted by molar-refractivity contribution is 5.56. The summed E-state index contributed by atoms with van der Waals surface area (Å²) in [6.45, 7) is 0. The Hall–Kier alpha value is -1.56. The van der Waals surface area contributed by atoms with Crippen LogP contribution in [0.1, 0.15) is 47.9 Å². The molecule has 5 rings (SSSR count). The van der Waals surface area contributed by atoms with Gasteiger partial charge in [0.25, 0.3) is 0 Å². The lowest BCUT2D eigenvalue weighted by Crippen LogP contribution is -2.36. The molecule has 0 aromatic heterocycles. The zero-order valence-corrected chi connectivity index (χ0v) is 12.5. The minimum Gasteiger partial charge on any atom is -0.0620 e. The van der Waals surface area contributed by atoms with E-state index in [1.165, 1.54) is 38.5 Å². The van der Waals surface area contributed by atoms with Crippen LogP contribution in [0.3, 0.4) is 0 Å². The summed E-state index contributed by atoms with van der Waals surface area (Å²) in [5.74, 6) is 1.68. The highest BCUT2D eigenvalue weighted by Crippen LogP contribution is 2.61. The highest BCUT2D eigenvalue weighted by atomic mass is 14.6. The predicted octanol–water partition coefficient (Wildman–Crippen LogP) is 4.89. The summed E-state index contributed by atoms with van der Waals surface area (Å²) in [5, 5.41) is 0. The summed E-state index contributed by atoms with van der Waals surface area (Å²) in [5.41, 5.74) is 6.96. The molecule has 0 heteroatoms. The van der Waals surface area contributed by atoms with Gasteiger partial charge in [0.2, 0.25) is 0 Å². The molecule has 0 radical (unpaired) electrons.